The van der Waals surface area contributed by atoms with E-state index in [9.17, 15) is 9.59 Å². The van der Waals surface area contributed by atoms with Crippen molar-refractivity contribution in [2.45, 2.75) is 124 Å². The van der Waals surface area contributed by atoms with E-state index in [1.807, 2.05) is 61.0 Å². The van der Waals surface area contributed by atoms with Crippen molar-refractivity contribution in [1.82, 2.24) is 4.90 Å². The maximum absolute atomic E-state index is 14.0. The highest BCUT2D eigenvalue weighted by atomic mass is 16.5. The summed E-state index contributed by atoms with van der Waals surface area (Å²) in [5.41, 5.74) is 2.47. The first-order valence-corrected chi connectivity index (χ1v) is 17.7. The Kier molecular flexibility index (Phi) is 16.9. The van der Waals surface area contributed by atoms with E-state index in [-0.39, 0.29) is 12.5 Å². The lowest BCUT2D eigenvalue weighted by Gasteiger charge is -2.22. The molecule has 250 valence electrons. The lowest BCUT2D eigenvalue weighted by molar-refractivity contribution is -0.701. The molecule has 0 aliphatic carbocycles. The molecule has 0 N–H and O–H groups in total. The molecule has 0 aliphatic heterocycles. The van der Waals surface area contributed by atoms with Gasteiger partial charge in [0.05, 0.1) is 19.3 Å². The Morgan fingerprint density at radius 1 is 0.696 bits per heavy atom. The quantitative estimate of drug-likeness (QED) is 0.0631. The number of unbranched alkanes of at least 4 members (excludes halogenated alkanes) is 13. The summed E-state index contributed by atoms with van der Waals surface area (Å²) in [5.74, 6) is 0.439. The summed E-state index contributed by atoms with van der Waals surface area (Å²) < 4.78 is 13.5. The van der Waals surface area contributed by atoms with Crippen LogP contribution in [0.25, 0.3) is 0 Å². The third kappa shape index (κ3) is 11.9. The fraction of sp³-hybridized carbons (Fsp3) is 0.525. The average molecular weight is 630 g/mol. The van der Waals surface area contributed by atoms with E-state index in [4.69, 9.17) is 9.47 Å². The Morgan fingerprint density at radius 2 is 1.28 bits per heavy atom. The van der Waals surface area contributed by atoms with E-state index < -0.39 is 5.91 Å². The third-order valence-electron chi connectivity index (χ3n) is 8.72. The van der Waals surface area contributed by atoms with Gasteiger partial charge >= 0.3 is 0 Å². The highest BCUT2D eigenvalue weighted by Crippen LogP contribution is 2.24. The van der Waals surface area contributed by atoms with Gasteiger partial charge in [0.15, 0.2) is 6.20 Å². The van der Waals surface area contributed by atoms with E-state index in [2.05, 4.69) is 6.92 Å². The second kappa shape index (κ2) is 21.2. The molecule has 2 aromatic carbocycles. The number of hydrogen-bond donors (Lipinski definition) is 0. The van der Waals surface area contributed by atoms with Crippen molar-refractivity contribution in [3.05, 3.63) is 89.2 Å². The van der Waals surface area contributed by atoms with Crippen LogP contribution < -0.4 is 14.0 Å². The first-order chi connectivity index (χ1) is 22.5. The number of imide groups is 1. The van der Waals surface area contributed by atoms with Crippen LogP contribution in [0.15, 0.2) is 66.9 Å². The summed E-state index contributed by atoms with van der Waals surface area (Å²) >= 11 is 0. The minimum atomic E-state index is -0.397. The van der Waals surface area contributed by atoms with Gasteiger partial charge in [-0.3, -0.25) is 14.5 Å². The van der Waals surface area contributed by atoms with Gasteiger partial charge in [0.1, 0.15) is 24.6 Å². The SMILES string of the molecule is CCCCCCCCCCCCCCCCOc1ccc(C(=O)N(Cc2cccc[n+]2CC)C(=O)c2ccccc2OC)c(C)c1. The van der Waals surface area contributed by atoms with Crippen LogP contribution in [0, 0.1) is 6.92 Å². The maximum Gasteiger partial charge on any atom is 0.265 e. The summed E-state index contributed by atoms with van der Waals surface area (Å²) in [4.78, 5) is 29.2. The maximum atomic E-state index is 14.0. The molecule has 0 radical (unpaired) electrons. The third-order valence-corrected chi connectivity index (χ3v) is 8.72. The molecule has 0 unspecified atom stereocenters. The second-order valence-corrected chi connectivity index (χ2v) is 12.3. The zero-order valence-corrected chi connectivity index (χ0v) is 28.9. The number of aromatic nitrogens is 1. The Hall–Kier alpha value is -3.67. The number of para-hydroxylation sites is 1. The number of nitrogens with zero attached hydrogens (tertiary/aromatic N) is 2. The van der Waals surface area contributed by atoms with Crippen molar-refractivity contribution in [3.8, 4) is 11.5 Å². The van der Waals surface area contributed by atoms with E-state index in [1.54, 1.807) is 24.3 Å². The molecule has 0 aliphatic rings. The van der Waals surface area contributed by atoms with Gasteiger partial charge in [0, 0.05) is 17.7 Å². The lowest BCUT2D eigenvalue weighted by Crippen LogP contribution is -2.43. The largest absolute Gasteiger partial charge is 0.496 e. The molecule has 3 aromatic rings. The number of carbonyl (C=O) groups excluding carboxylic acids is 2. The van der Waals surface area contributed by atoms with Crippen LogP contribution in [0.4, 0.5) is 0 Å². The zero-order chi connectivity index (χ0) is 33.0. The highest BCUT2D eigenvalue weighted by molar-refractivity contribution is 6.11. The number of pyridine rings is 1. The van der Waals surface area contributed by atoms with E-state index in [0.717, 1.165) is 30.0 Å². The van der Waals surface area contributed by atoms with Gasteiger partial charge in [-0.05, 0) is 56.2 Å². The van der Waals surface area contributed by atoms with Gasteiger partial charge in [0.25, 0.3) is 11.8 Å². The molecule has 0 atom stereocenters. The fourth-order valence-corrected chi connectivity index (χ4v) is 5.93. The smallest absolute Gasteiger partial charge is 0.265 e. The molecule has 2 amide bonds. The Morgan fingerprint density at radius 3 is 1.89 bits per heavy atom. The van der Waals surface area contributed by atoms with E-state index in [0.29, 0.717) is 23.5 Å². The summed E-state index contributed by atoms with van der Waals surface area (Å²) in [5, 5.41) is 0. The molecule has 0 fully saturated rings. The summed E-state index contributed by atoms with van der Waals surface area (Å²) in [6.07, 6.45) is 20.5. The first-order valence-electron chi connectivity index (χ1n) is 17.7. The average Bonchev–Trinajstić information content (AvgIpc) is 3.08. The van der Waals surface area contributed by atoms with Crippen LogP contribution in [-0.2, 0) is 13.1 Å². The number of methoxy groups -OCH3 is 1. The van der Waals surface area contributed by atoms with Crippen molar-refractivity contribution in [1.29, 1.82) is 0 Å². The van der Waals surface area contributed by atoms with Gasteiger partial charge in [-0.15, -0.1) is 0 Å². The van der Waals surface area contributed by atoms with Crippen LogP contribution in [0.2, 0.25) is 0 Å². The number of carbonyl (C=O) groups is 2. The molecule has 0 saturated carbocycles. The number of aryl methyl sites for hydroxylation is 2. The topological polar surface area (TPSA) is 59.7 Å². The highest BCUT2D eigenvalue weighted by Gasteiger charge is 2.30. The molecule has 1 heterocycles. The molecule has 6 nitrogen and oxygen atoms in total. The van der Waals surface area contributed by atoms with Crippen molar-refractivity contribution in [2.24, 2.45) is 0 Å². The number of hydrogen-bond acceptors (Lipinski definition) is 4. The summed E-state index contributed by atoms with van der Waals surface area (Å²) in [6.45, 7) is 7.74. The van der Waals surface area contributed by atoms with E-state index >= 15 is 0 Å². The molecule has 1 aromatic heterocycles. The Bertz CT molecular complexity index is 1340. The molecule has 0 saturated heterocycles. The number of rotatable bonds is 22. The minimum absolute atomic E-state index is 0.140. The Labute approximate surface area is 278 Å². The van der Waals surface area contributed by atoms with Crippen molar-refractivity contribution in [3.63, 3.8) is 0 Å². The molecule has 6 heteroatoms. The zero-order valence-electron chi connectivity index (χ0n) is 28.9. The van der Waals surface area contributed by atoms with Gasteiger partial charge in [0.2, 0.25) is 5.69 Å². The molecule has 0 bridgehead atoms. The predicted octanol–water partition coefficient (Wildman–Crippen LogP) is 9.65. The molecular formula is C40H57N2O4+. The second-order valence-electron chi connectivity index (χ2n) is 12.3. The van der Waals surface area contributed by atoms with Crippen molar-refractivity contribution >= 4 is 11.8 Å². The van der Waals surface area contributed by atoms with Crippen LogP contribution in [0.3, 0.4) is 0 Å². The predicted molar refractivity (Wildman–Crippen MR) is 186 cm³/mol. The van der Waals surface area contributed by atoms with Crippen LogP contribution in [-0.4, -0.2) is 30.4 Å². The molecule has 0 spiro atoms. The van der Waals surface area contributed by atoms with Gasteiger partial charge in [-0.25, -0.2) is 4.57 Å². The first kappa shape index (κ1) is 36.8. The van der Waals surface area contributed by atoms with Gasteiger partial charge in [-0.1, -0.05) is 109 Å². The normalized spacial score (nSPS) is 11.0. The number of benzene rings is 2. The number of amides is 2. The standard InChI is InChI=1S/C40H57N2O4/c1-5-7-8-9-10-11-12-13-14-15-16-17-18-23-30-46-35-27-28-36(33(3)31-35)39(43)42(32-34-24-21-22-29-41(34)6-2)40(44)37-25-19-20-26-38(37)45-4/h19-22,24-29,31H,5-18,23,30,32H2,1-4H3/q+1. The minimum Gasteiger partial charge on any atom is -0.496 e. The molecular weight excluding hydrogens is 572 g/mol. The van der Waals surface area contributed by atoms with Crippen molar-refractivity contribution < 1.29 is 23.6 Å². The van der Waals surface area contributed by atoms with Crippen LogP contribution in [0.1, 0.15) is 136 Å². The summed E-state index contributed by atoms with van der Waals surface area (Å²) in [6, 6.07) is 18.4. The monoisotopic (exact) mass is 629 g/mol. The molecule has 46 heavy (non-hydrogen) atoms. The lowest BCUT2D eigenvalue weighted by atomic mass is 10.0. The van der Waals surface area contributed by atoms with Crippen molar-refractivity contribution in [2.75, 3.05) is 13.7 Å². The van der Waals surface area contributed by atoms with Gasteiger partial charge in [-0.2, -0.15) is 0 Å². The fourth-order valence-electron chi connectivity index (χ4n) is 5.93. The summed E-state index contributed by atoms with van der Waals surface area (Å²) in [7, 11) is 1.53. The van der Waals surface area contributed by atoms with Crippen LogP contribution in [0.5, 0.6) is 11.5 Å². The molecule has 3 rings (SSSR count). The Balaban J connectivity index is 1.50. The number of ether oxygens (including phenoxy) is 2. The van der Waals surface area contributed by atoms with Gasteiger partial charge < -0.3 is 9.47 Å². The van der Waals surface area contributed by atoms with E-state index in [1.165, 1.54) is 95.5 Å². The van der Waals surface area contributed by atoms with Crippen LogP contribution >= 0.6 is 0 Å².